The number of aromatic nitrogens is 2. The zero-order chi connectivity index (χ0) is 13.5. The van der Waals surface area contributed by atoms with Crippen LogP contribution in [0.1, 0.15) is 25.6 Å². The molecular weight excluding hydrogens is 244 g/mol. The van der Waals surface area contributed by atoms with E-state index in [9.17, 15) is 0 Å². The van der Waals surface area contributed by atoms with Gasteiger partial charge < -0.3 is 20.5 Å². The van der Waals surface area contributed by atoms with Gasteiger partial charge in [0, 0.05) is 32.4 Å². The number of hydrogen-bond donors (Lipinski definition) is 2. The highest BCUT2D eigenvalue weighted by molar-refractivity contribution is 5.44. The molecule has 1 unspecified atom stereocenters. The third-order valence-electron chi connectivity index (χ3n) is 3.11. The molecule has 1 atom stereocenters. The van der Waals surface area contributed by atoms with Gasteiger partial charge in [-0.2, -0.15) is 0 Å². The molecule has 0 bridgehead atoms. The Labute approximate surface area is 113 Å². The third-order valence-corrected chi connectivity index (χ3v) is 3.11. The van der Waals surface area contributed by atoms with Crippen molar-refractivity contribution in [2.45, 2.75) is 26.4 Å². The fraction of sp³-hybridized carbons (Fsp3) is 0.692. The minimum Gasteiger partial charge on any atom is -0.384 e. The molecule has 1 aromatic rings. The first-order chi connectivity index (χ1) is 9.28. The van der Waals surface area contributed by atoms with Crippen molar-refractivity contribution < 1.29 is 9.47 Å². The third kappa shape index (κ3) is 4.65. The normalized spacial score (nSPS) is 18.7. The Morgan fingerprint density at radius 2 is 2.42 bits per heavy atom. The summed E-state index contributed by atoms with van der Waals surface area (Å²) in [6.07, 6.45) is 2.24. The number of nitrogens with zero attached hydrogens (tertiary/aromatic N) is 2. The number of nitrogens with two attached hydrogens (primary N) is 1. The highest BCUT2D eigenvalue weighted by atomic mass is 16.5. The van der Waals surface area contributed by atoms with Crippen molar-refractivity contribution in [3.63, 3.8) is 0 Å². The van der Waals surface area contributed by atoms with Crippen LogP contribution >= 0.6 is 0 Å². The summed E-state index contributed by atoms with van der Waals surface area (Å²) in [6, 6.07) is 1.75. The maximum atomic E-state index is 5.76. The number of rotatable bonds is 7. The summed E-state index contributed by atoms with van der Waals surface area (Å²) in [4.78, 5) is 8.52. The second-order valence-electron chi connectivity index (χ2n) is 4.68. The van der Waals surface area contributed by atoms with Crippen LogP contribution in [0, 0.1) is 5.92 Å². The van der Waals surface area contributed by atoms with Crippen LogP contribution in [0.2, 0.25) is 0 Å². The molecule has 1 aliphatic rings. The zero-order valence-corrected chi connectivity index (χ0v) is 11.4. The van der Waals surface area contributed by atoms with Gasteiger partial charge in [-0.25, -0.2) is 9.97 Å². The fourth-order valence-electron chi connectivity index (χ4n) is 2.08. The molecule has 106 valence electrons. The number of nitrogen functional groups attached to an aromatic ring is 1. The molecule has 3 N–H and O–H groups in total. The van der Waals surface area contributed by atoms with Gasteiger partial charge in [0.2, 0.25) is 0 Å². The van der Waals surface area contributed by atoms with Gasteiger partial charge in [0.25, 0.3) is 0 Å². The van der Waals surface area contributed by atoms with Crippen LogP contribution in [0.3, 0.4) is 0 Å². The topological polar surface area (TPSA) is 82.3 Å². The van der Waals surface area contributed by atoms with Gasteiger partial charge in [0.1, 0.15) is 18.2 Å². The van der Waals surface area contributed by atoms with Crippen LogP contribution in [0.4, 0.5) is 11.6 Å². The molecule has 1 aromatic heterocycles. The van der Waals surface area contributed by atoms with Gasteiger partial charge in [0.15, 0.2) is 5.82 Å². The van der Waals surface area contributed by atoms with Crippen molar-refractivity contribution in [2.75, 3.05) is 37.4 Å². The summed E-state index contributed by atoms with van der Waals surface area (Å²) in [5.74, 6) is 2.51. The van der Waals surface area contributed by atoms with Crippen LogP contribution in [-0.4, -0.2) is 36.3 Å². The molecule has 1 fully saturated rings. The monoisotopic (exact) mass is 266 g/mol. The Morgan fingerprint density at radius 3 is 3.16 bits per heavy atom. The number of nitrogens with one attached hydrogen (secondary N) is 1. The summed E-state index contributed by atoms with van der Waals surface area (Å²) >= 11 is 0. The molecule has 2 rings (SSSR count). The van der Waals surface area contributed by atoms with Gasteiger partial charge in [-0.3, -0.25) is 0 Å². The van der Waals surface area contributed by atoms with E-state index in [4.69, 9.17) is 15.2 Å². The molecule has 6 nitrogen and oxygen atoms in total. The average molecular weight is 266 g/mol. The molecule has 19 heavy (non-hydrogen) atoms. The molecule has 0 radical (unpaired) electrons. The molecule has 6 heteroatoms. The summed E-state index contributed by atoms with van der Waals surface area (Å²) in [5.41, 5.74) is 5.76. The highest BCUT2D eigenvalue weighted by Gasteiger charge is 2.14. The van der Waals surface area contributed by atoms with Crippen molar-refractivity contribution in [1.29, 1.82) is 0 Å². The molecule has 2 heterocycles. The zero-order valence-electron chi connectivity index (χ0n) is 11.4. The maximum Gasteiger partial charge on any atom is 0.158 e. The van der Waals surface area contributed by atoms with Gasteiger partial charge >= 0.3 is 0 Å². The Kier molecular flexibility index (Phi) is 5.35. The van der Waals surface area contributed by atoms with Crippen LogP contribution in [0.5, 0.6) is 0 Å². The molecular formula is C13H22N4O2. The van der Waals surface area contributed by atoms with E-state index in [0.29, 0.717) is 30.8 Å². The van der Waals surface area contributed by atoms with E-state index in [-0.39, 0.29) is 0 Å². The smallest absolute Gasteiger partial charge is 0.158 e. The van der Waals surface area contributed by atoms with Crippen molar-refractivity contribution >= 4 is 11.6 Å². The Balaban J connectivity index is 1.82. The first-order valence-electron chi connectivity index (χ1n) is 6.80. The summed E-state index contributed by atoms with van der Waals surface area (Å²) in [7, 11) is 0. The van der Waals surface area contributed by atoms with E-state index in [1.165, 1.54) is 0 Å². The summed E-state index contributed by atoms with van der Waals surface area (Å²) in [6.45, 7) is 5.62. The van der Waals surface area contributed by atoms with Gasteiger partial charge in [-0.1, -0.05) is 0 Å². The van der Waals surface area contributed by atoms with Gasteiger partial charge in [-0.15, -0.1) is 0 Å². The molecule has 1 aliphatic heterocycles. The highest BCUT2D eigenvalue weighted by Crippen LogP contribution is 2.16. The maximum absolute atomic E-state index is 5.76. The van der Waals surface area contributed by atoms with Crippen LogP contribution in [0.25, 0.3) is 0 Å². The Morgan fingerprint density at radius 1 is 1.53 bits per heavy atom. The fourth-order valence-corrected chi connectivity index (χ4v) is 2.08. The van der Waals surface area contributed by atoms with Crippen molar-refractivity contribution in [1.82, 2.24) is 9.97 Å². The van der Waals surface area contributed by atoms with E-state index in [0.717, 1.165) is 38.4 Å². The van der Waals surface area contributed by atoms with E-state index in [2.05, 4.69) is 15.3 Å². The molecule has 0 aliphatic carbocycles. The Bertz CT molecular complexity index is 394. The van der Waals surface area contributed by atoms with E-state index < -0.39 is 0 Å². The molecule has 0 spiro atoms. The predicted molar refractivity (Wildman–Crippen MR) is 73.8 cm³/mol. The lowest BCUT2D eigenvalue weighted by Crippen LogP contribution is -2.12. The lowest BCUT2D eigenvalue weighted by atomic mass is 10.1. The lowest BCUT2D eigenvalue weighted by Gasteiger charge is -2.10. The van der Waals surface area contributed by atoms with E-state index in [1.54, 1.807) is 6.07 Å². The number of ether oxygens (including phenoxy) is 2. The average Bonchev–Trinajstić information content (AvgIpc) is 2.89. The van der Waals surface area contributed by atoms with Crippen molar-refractivity contribution in [2.24, 2.45) is 5.92 Å². The van der Waals surface area contributed by atoms with Gasteiger partial charge in [0.05, 0.1) is 0 Å². The molecule has 0 aromatic carbocycles. The second kappa shape index (κ2) is 7.25. The van der Waals surface area contributed by atoms with Crippen LogP contribution in [-0.2, 0) is 16.1 Å². The predicted octanol–water partition coefficient (Wildman–Crippen LogP) is 1.43. The first-order valence-corrected chi connectivity index (χ1v) is 6.80. The number of hydrogen-bond acceptors (Lipinski definition) is 6. The minimum absolute atomic E-state index is 0.396. The van der Waals surface area contributed by atoms with Crippen molar-refractivity contribution in [3.05, 3.63) is 11.9 Å². The largest absolute Gasteiger partial charge is 0.384 e. The minimum atomic E-state index is 0.396. The molecule has 0 saturated carbocycles. The second-order valence-corrected chi connectivity index (χ2v) is 4.68. The number of anilines is 2. The van der Waals surface area contributed by atoms with Crippen molar-refractivity contribution in [3.8, 4) is 0 Å². The van der Waals surface area contributed by atoms with E-state index in [1.807, 2.05) is 6.92 Å². The first kappa shape index (κ1) is 14.0. The van der Waals surface area contributed by atoms with E-state index >= 15 is 0 Å². The lowest BCUT2D eigenvalue weighted by molar-refractivity contribution is 0.128. The quantitative estimate of drug-likeness (QED) is 0.777. The summed E-state index contributed by atoms with van der Waals surface area (Å²) < 4.78 is 10.6. The summed E-state index contributed by atoms with van der Waals surface area (Å²) in [5, 5.41) is 3.29. The molecule has 1 saturated heterocycles. The molecule has 0 amide bonds. The van der Waals surface area contributed by atoms with Crippen LogP contribution < -0.4 is 11.1 Å². The van der Waals surface area contributed by atoms with Crippen LogP contribution in [0.15, 0.2) is 6.07 Å². The SMILES string of the molecule is CCOCc1nc(N)cc(NCCC2CCOC2)n1. The standard InChI is InChI=1S/C13H22N4O2/c1-2-18-9-13-16-11(14)7-12(17-13)15-5-3-10-4-6-19-8-10/h7,10H,2-6,8-9H2,1H3,(H3,14,15,16,17). The Hall–Kier alpha value is -1.40. The van der Waals surface area contributed by atoms with Gasteiger partial charge in [-0.05, 0) is 25.7 Å².